The Hall–Kier alpha value is -1.74. The number of anilines is 1. The van der Waals surface area contributed by atoms with E-state index in [0.29, 0.717) is 26.2 Å². The van der Waals surface area contributed by atoms with E-state index in [4.69, 9.17) is 0 Å². The first kappa shape index (κ1) is 19.0. The molecule has 1 aliphatic rings. The summed E-state index contributed by atoms with van der Waals surface area (Å²) in [7, 11) is -3.51. The standard InChI is InChI=1S/C18H20BrN3O3S/c19-15-5-4-8-17(13-15)26(24,25)22-11-9-21(10-12-22)14-18(23)20-16-6-2-1-3-7-16/h1-8,13H,9-12,14H2,(H,20,23). The summed E-state index contributed by atoms with van der Waals surface area (Å²) >= 11 is 3.31. The Labute approximate surface area is 162 Å². The summed E-state index contributed by atoms with van der Waals surface area (Å²) in [5, 5.41) is 2.85. The lowest BCUT2D eigenvalue weighted by Crippen LogP contribution is -2.50. The van der Waals surface area contributed by atoms with Gasteiger partial charge >= 0.3 is 0 Å². The van der Waals surface area contributed by atoms with Crippen molar-refractivity contribution in [2.24, 2.45) is 0 Å². The summed E-state index contributed by atoms with van der Waals surface area (Å²) in [6.45, 7) is 2.03. The van der Waals surface area contributed by atoms with Crippen molar-refractivity contribution in [3.8, 4) is 0 Å². The molecule has 8 heteroatoms. The molecule has 1 aliphatic heterocycles. The number of sulfonamides is 1. The van der Waals surface area contributed by atoms with E-state index in [1.54, 1.807) is 24.3 Å². The van der Waals surface area contributed by atoms with Crippen molar-refractivity contribution >= 4 is 37.5 Å². The van der Waals surface area contributed by atoms with Gasteiger partial charge in [-0.25, -0.2) is 8.42 Å². The molecule has 1 N–H and O–H groups in total. The first-order valence-corrected chi connectivity index (χ1v) is 10.5. The van der Waals surface area contributed by atoms with Crippen LogP contribution in [0, 0.1) is 0 Å². The van der Waals surface area contributed by atoms with Crippen LogP contribution in [0.2, 0.25) is 0 Å². The Balaban J connectivity index is 1.55. The molecule has 2 aromatic rings. The zero-order valence-electron chi connectivity index (χ0n) is 14.1. The molecule has 0 radical (unpaired) electrons. The van der Waals surface area contributed by atoms with E-state index in [0.717, 1.165) is 10.2 Å². The monoisotopic (exact) mass is 437 g/mol. The normalized spacial score (nSPS) is 16.3. The number of carbonyl (C=O) groups excluding carboxylic acids is 1. The van der Waals surface area contributed by atoms with E-state index >= 15 is 0 Å². The predicted molar refractivity (Wildman–Crippen MR) is 104 cm³/mol. The maximum absolute atomic E-state index is 12.7. The molecule has 3 rings (SSSR count). The van der Waals surface area contributed by atoms with Gasteiger partial charge in [0.15, 0.2) is 0 Å². The van der Waals surface area contributed by atoms with Gasteiger partial charge in [0.2, 0.25) is 15.9 Å². The number of nitrogens with zero attached hydrogens (tertiary/aromatic N) is 2. The van der Waals surface area contributed by atoms with Crippen LogP contribution in [-0.4, -0.2) is 56.3 Å². The highest BCUT2D eigenvalue weighted by Gasteiger charge is 2.29. The van der Waals surface area contributed by atoms with Crippen LogP contribution in [0.3, 0.4) is 0 Å². The molecule has 26 heavy (non-hydrogen) atoms. The van der Waals surface area contributed by atoms with E-state index in [9.17, 15) is 13.2 Å². The van der Waals surface area contributed by atoms with Crippen LogP contribution in [0.5, 0.6) is 0 Å². The molecule has 6 nitrogen and oxygen atoms in total. The van der Waals surface area contributed by atoms with Crippen molar-refractivity contribution < 1.29 is 13.2 Å². The average Bonchev–Trinajstić information content (AvgIpc) is 2.63. The van der Waals surface area contributed by atoms with Crippen LogP contribution in [-0.2, 0) is 14.8 Å². The van der Waals surface area contributed by atoms with Crippen molar-refractivity contribution in [2.75, 3.05) is 38.0 Å². The molecule has 0 spiro atoms. The number of amides is 1. The molecule has 0 bridgehead atoms. The van der Waals surface area contributed by atoms with Crippen LogP contribution in [0.25, 0.3) is 0 Å². The zero-order chi connectivity index (χ0) is 18.6. The van der Waals surface area contributed by atoms with E-state index in [1.165, 1.54) is 4.31 Å². The van der Waals surface area contributed by atoms with Gasteiger partial charge in [0.25, 0.3) is 0 Å². The second-order valence-corrected chi connectivity index (χ2v) is 8.91. The van der Waals surface area contributed by atoms with E-state index in [2.05, 4.69) is 21.2 Å². The first-order valence-electron chi connectivity index (χ1n) is 8.28. The Kier molecular flexibility index (Phi) is 6.08. The van der Waals surface area contributed by atoms with Gasteiger partial charge in [-0.05, 0) is 30.3 Å². The van der Waals surface area contributed by atoms with E-state index in [1.807, 2.05) is 35.2 Å². The fourth-order valence-corrected chi connectivity index (χ4v) is 4.85. The summed E-state index contributed by atoms with van der Waals surface area (Å²) in [6.07, 6.45) is 0. The first-order chi connectivity index (χ1) is 12.4. The van der Waals surface area contributed by atoms with Crippen molar-refractivity contribution in [3.63, 3.8) is 0 Å². The number of hydrogen-bond acceptors (Lipinski definition) is 4. The van der Waals surface area contributed by atoms with Gasteiger partial charge in [0, 0.05) is 36.3 Å². The third-order valence-corrected chi connectivity index (χ3v) is 6.58. The van der Waals surface area contributed by atoms with Crippen molar-refractivity contribution in [3.05, 3.63) is 59.1 Å². The van der Waals surface area contributed by atoms with Gasteiger partial charge < -0.3 is 5.32 Å². The van der Waals surface area contributed by atoms with E-state index in [-0.39, 0.29) is 17.3 Å². The number of nitrogens with one attached hydrogen (secondary N) is 1. The largest absolute Gasteiger partial charge is 0.325 e. The lowest BCUT2D eigenvalue weighted by Gasteiger charge is -2.33. The molecule has 0 atom stereocenters. The highest BCUT2D eigenvalue weighted by Crippen LogP contribution is 2.21. The number of halogens is 1. The van der Waals surface area contributed by atoms with Crippen LogP contribution in [0.1, 0.15) is 0 Å². The van der Waals surface area contributed by atoms with Gasteiger partial charge in [-0.2, -0.15) is 4.31 Å². The van der Waals surface area contributed by atoms with Crippen molar-refractivity contribution in [1.82, 2.24) is 9.21 Å². The van der Waals surface area contributed by atoms with Gasteiger partial charge in [0.05, 0.1) is 11.4 Å². The summed E-state index contributed by atoms with van der Waals surface area (Å²) in [6, 6.07) is 16.0. The smallest absolute Gasteiger partial charge is 0.243 e. The van der Waals surface area contributed by atoms with Crippen LogP contribution in [0.4, 0.5) is 5.69 Å². The number of rotatable bonds is 5. The topological polar surface area (TPSA) is 69.7 Å². The molecule has 0 unspecified atom stereocenters. The molecule has 0 aromatic heterocycles. The second-order valence-electron chi connectivity index (χ2n) is 6.05. The Morgan fingerprint density at radius 3 is 2.35 bits per heavy atom. The third kappa shape index (κ3) is 4.70. The molecule has 1 fully saturated rings. The minimum atomic E-state index is -3.51. The quantitative estimate of drug-likeness (QED) is 0.779. The maximum atomic E-state index is 12.7. The lowest BCUT2D eigenvalue weighted by atomic mass is 10.3. The Morgan fingerprint density at radius 2 is 1.69 bits per heavy atom. The summed E-state index contributed by atoms with van der Waals surface area (Å²) in [5.74, 6) is -0.0977. The van der Waals surface area contributed by atoms with E-state index < -0.39 is 10.0 Å². The number of para-hydroxylation sites is 1. The number of hydrogen-bond donors (Lipinski definition) is 1. The fraction of sp³-hybridized carbons (Fsp3) is 0.278. The van der Waals surface area contributed by atoms with Gasteiger partial charge in [-0.1, -0.05) is 40.2 Å². The van der Waals surface area contributed by atoms with Gasteiger partial charge in [0.1, 0.15) is 0 Å². The highest BCUT2D eigenvalue weighted by molar-refractivity contribution is 9.10. The van der Waals surface area contributed by atoms with Crippen LogP contribution < -0.4 is 5.32 Å². The van der Waals surface area contributed by atoms with Crippen molar-refractivity contribution in [1.29, 1.82) is 0 Å². The molecular weight excluding hydrogens is 418 g/mol. The van der Waals surface area contributed by atoms with Gasteiger partial charge in [-0.15, -0.1) is 0 Å². The third-order valence-electron chi connectivity index (χ3n) is 4.19. The minimum absolute atomic E-state index is 0.0977. The molecular formula is C18H20BrN3O3S. The predicted octanol–water partition coefficient (Wildman–Crippen LogP) is 2.39. The molecule has 1 amide bonds. The summed E-state index contributed by atoms with van der Waals surface area (Å²) < 4.78 is 27.6. The minimum Gasteiger partial charge on any atom is -0.325 e. The lowest BCUT2D eigenvalue weighted by molar-refractivity contribution is -0.117. The molecule has 0 aliphatic carbocycles. The molecule has 1 heterocycles. The Morgan fingerprint density at radius 1 is 1.00 bits per heavy atom. The Bertz CT molecular complexity index is 866. The molecule has 2 aromatic carbocycles. The maximum Gasteiger partial charge on any atom is 0.243 e. The highest BCUT2D eigenvalue weighted by atomic mass is 79.9. The molecule has 1 saturated heterocycles. The number of piperazine rings is 1. The van der Waals surface area contributed by atoms with Crippen LogP contribution in [0.15, 0.2) is 64.0 Å². The van der Waals surface area contributed by atoms with Gasteiger partial charge in [-0.3, -0.25) is 9.69 Å². The molecule has 138 valence electrons. The summed E-state index contributed by atoms with van der Waals surface area (Å²) in [4.78, 5) is 14.4. The number of benzene rings is 2. The number of carbonyl (C=O) groups is 1. The van der Waals surface area contributed by atoms with Crippen LogP contribution >= 0.6 is 15.9 Å². The second kappa shape index (κ2) is 8.30. The zero-order valence-corrected chi connectivity index (χ0v) is 16.5. The van der Waals surface area contributed by atoms with Crippen molar-refractivity contribution in [2.45, 2.75) is 4.90 Å². The SMILES string of the molecule is O=C(CN1CCN(S(=O)(=O)c2cccc(Br)c2)CC1)Nc1ccccc1. The molecule has 0 saturated carbocycles. The fourth-order valence-electron chi connectivity index (χ4n) is 2.83. The summed E-state index contributed by atoms with van der Waals surface area (Å²) in [5.41, 5.74) is 0.758. The average molecular weight is 438 g/mol.